The average Bonchev–Trinajstić information content (AvgIpc) is 2.87. The number of amides is 3. The van der Waals surface area contributed by atoms with E-state index in [1.165, 1.54) is 4.90 Å². The van der Waals surface area contributed by atoms with Gasteiger partial charge in [0, 0.05) is 19.5 Å². The van der Waals surface area contributed by atoms with Crippen molar-refractivity contribution in [3.8, 4) is 0 Å². The van der Waals surface area contributed by atoms with E-state index in [0.29, 0.717) is 5.56 Å². The molecule has 0 aromatic heterocycles. The molecule has 0 spiro atoms. The quantitative estimate of drug-likeness (QED) is 0.324. The number of carbonyl (C=O) groups is 4. The van der Waals surface area contributed by atoms with Gasteiger partial charge in [0.15, 0.2) is 0 Å². The number of aliphatic hydroxyl groups excluding tert-OH is 1. The molecule has 0 fully saturated rings. The number of alkyl carbamates (subject to hydrolysis) is 1. The molecular weight excluding hydrogens is 514 g/mol. The predicted octanol–water partition coefficient (Wildman–Crippen LogP) is 3.06. The predicted molar refractivity (Wildman–Crippen MR) is 150 cm³/mol. The number of aliphatic hydroxyl groups is 1. The summed E-state index contributed by atoms with van der Waals surface area (Å²) in [4.78, 5) is 53.4. The zero-order valence-electron chi connectivity index (χ0n) is 23.9. The molecule has 2 atom stereocenters. The third-order valence-electron chi connectivity index (χ3n) is 5.75. The molecule has 0 radical (unpaired) electrons. The number of ether oxygens (including phenoxy) is 2. The molecular formula is C30H41N3O7. The van der Waals surface area contributed by atoms with E-state index in [1.54, 1.807) is 45.9 Å². The molecule has 0 saturated heterocycles. The van der Waals surface area contributed by atoms with Crippen molar-refractivity contribution in [2.24, 2.45) is 0 Å². The highest BCUT2D eigenvalue weighted by Crippen LogP contribution is 2.24. The van der Waals surface area contributed by atoms with Crippen LogP contribution in [0.4, 0.5) is 4.79 Å². The molecule has 3 N–H and O–H groups in total. The standard InChI is InChI=1S/C30H41N3O7/c1-6-39-25(35)15-16-31-27(36)26(23-14-10-11-21(2)19-23)33(17-18-34)28(37)24(20-22-12-8-7-9-13-22)32-29(38)40-30(3,4)5/h7-14,19,24,26,34H,6,15-18,20H2,1-5H3,(H,31,36)(H,32,38). The SMILES string of the molecule is CCOC(=O)CCNC(=O)C(c1cccc(C)c1)N(CCO)C(=O)C(Cc1ccccc1)NC(=O)OC(C)(C)C. The van der Waals surface area contributed by atoms with Crippen molar-refractivity contribution in [1.82, 2.24) is 15.5 Å². The Morgan fingerprint density at radius 3 is 2.33 bits per heavy atom. The lowest BCUT2D eigenvalue weighted by molar-refractivity contribution is -0.144. The molecule has 0 bridgehead atoms. The molecule has 40 heavy (non-hydrogen) atoms. The van der Waals surface area contributed by atoms with E-state index in [4.69, 9.17) is 9.47 Å². The first kappa shape index (κ1) is 32.3. The number of carbonyl (C=O) groups excluding carboxylic acids is 4. The van der Waals surface area contributed by atoms with Crippen molar-refractivity contribution >= 4 is 23.9 Å². The Kier molecular flexibility index (Phi) is 12.6. The van der Waals surface area contributed by atoms with Gasteiger partial charge in [-0.05, 0) is 45.7 Å². The minimum Gasteiger partial charge on any atom is -0.466 e. The van der Waals surface area contributed by atoms with Crippen LogP contribution in [-0.4, -0.2) is 71.8 Å². The minimum absolute atomic E-state index is 0.00470. The second kappa shape index (κ2) is 15.6. The van der Waals surface area contributed by atoms with Gasteiger partial charge in [0.2, 0.25) is 11.8 Å². The number of hydrogen-bond donors (Lipinski definition) is 3. The number of aryl methyl sites for hydroxylation is 1. The molecule has 0 aliphatic heterocycles. The Morgan fingerprint density at radius 1 is 1.02 bits per heavy atom. The van der Waals surface area contributed by atoms with Crippen LogP contribution < -0.4 is 10.6 Å². The Bertz CT molecular complexity index is 1130. The van der Waals surface area contributed by atoms with E-state index in [0.717, 1.165) is 11.1 Å². The Labute approximate surface area is 236 Å². The summed E-state index contributed by atoms with van der Waals surface area (Å²) in [6.45, 7) is 8.33. The first-order valence-corrected chi connectivity index (χ1v) is 13.4. The zero-order chi connectivity index (χ0) is 29.7. The summed E-state index contributed by atoms with van der Waals surface area (Å²) in [5, 5.41) is 15.3. The molecule has 0 aliphatic carbocycles. The van der Waals surface area contributed by atoms with Crippen LogP contribution in [0.25, 0.3) is 0 Å². The van der Waals surface area contributed by atoms with Gasteiger partial charge in [-0.1, -0.05) is 60.2 Å². The van der Waals surface area contributed by atoms with Crippen LogP contribution in [0.5, 0.6) is 0 Å². The maximum atomic E-state index is 14.1. The highest BCUT2D eigenvalue weighted by molar-refractivity contribution is 5.92. The lowest BCUT2D eigenvalue weighted by Gasteiger charge is -2.34. The van der Waals surface area contributed by atoms with Gasteiger partial charge in [-0.3, -0.25) is 14.4 Å². The first-order chi connectivity index (χ1) is 18.9. The van der Waals surface area contributed by atoms with Gasteiger partial charge in [0.1, 0.15) is 17.7 Å². The number of hydrogen-bond acceptors (Lipinski definition) is 7. The Balaban J connectivity index is 2.44. The van der Waals surface area contributed by atoms with Crippen molar-refractivity contribution < 1.29 is 33.8 Å². The summed E-state index contributed by atoms with van der Waals surface area (Å²) in [5.41, 5.74) is 1.38. The van der Waals surface area contributed by atoms with E-state index in [1.807, 2.05) is 43.3 Å². The lowest BCUT2D eigenvalue weighted by atomic mass is 9.99. The number of benzene rings is 2. The van der Waals surface area contributed by atoms with Gasteiger partial charge < -0.3 is 30.1 Å². The van der Waals surface area contributed by atoms with Gasteiger partial charge >= 0.3 is 12.1 Å². The second-order valence-corrected chi connectivity index (χ2v) is 10.3. The molecule has 2 aromatic carbocycles. The summed E-state index contributed by atoms with van der Waals surface area (Å²) in [5.74, 6) is -1.56. The molecule has 218 valence electrons. The molecule has 10 heteroatoms. The van der Waals surface area contributed by atoms with Gasteiger partial charge in [-0.2, -0.15) is 0 Å². The second-order valence-electron chi connectivity index (χ2n) is 10.3. The number of nitrogens with one attached hydrogen (secondary N) is 2. The number of nitrogens with zero attached hydrogens (tertiary/aromatic N) is 1. The Morgan fingerprint density at radius 2 is 1.73 bits per heavy atom. The lowest BCUT2D eigenvalue weighted by Crippen LogP contribution is -2.54. The highest BCUT2D eigenvalue weighted by atomic mass is 16.6. The third kappa shape index (κ3) is 10.7. The maximum Gasteiger partial charge on any atom is 0.408 e. The fourth-order valence-corrected chi connectivity index (χ4v) is 4.10. The molecule has 0 heterocycles. The normalized spacial score (nSPS) is 12.6. The van der Waals surface area contributed by atoms with Crippen LogP contribution in [0, 0.1) is 6.92 Å². The monoisotopic (exact) mass is 555 g/mol. The molecule has 0 aliphatic rings. The summed E-state index contributed by atoms with van der Waals surface area (Å²) in [6.07, 6.45) is -0.687. The largest absolute Gasteiger partial charge is 0.466 e. The number of rotatable bonds is 13. The zero-order valence-corrected chi connectivity index (χ0v) is 23.9. The van der Waals surface area contributed by atoms with Crippen molar-refractivity contribution in [2.45, 2.75) is 65.1 Å². The molecule has 10 nitrogen and oxygen atoms in total. The number of esters is 1. The summed E-state index contributed by atoms with van der Waals surface area (Å²) in [7, 11) is 0. The smallest absolute Gasteiger partial charge is 0.408 e. The minimum atomic E-state index is -1.14. The summed E-state index contributed by atoms with van der Waals surface area (Å²) < 4.78 is 10.3. The van der Waals surface area contributed by atoms with Gasteiger partial charge in [-0.15, -0.1) is 0 Å². The topological polar surface area (TPSA) is 134 Å². The van der Waals surface area contributed by atoms with Crippen molar-refractivity contribution in [1.29, 1.82) is 0 Å². The van der Waals surface area contributed by atoms with Gasteiger partial charge in [0.05, 0.1) is 19.6 Å². The van der Waals surface area contributed by atoms with Crippen LogP contribution in [0.3, 0.4) is 0 Å². The van der Waals surface area contributed by atoms with Crippen LogP contribution in [0.2, 0.25) is 0 Å². The third-order valence-corrected chi connectivity index (χ3v) is 5.75. The van der Waals surface area contributed by atoms with Crippen molar-refractivity contribution in [3.05, 3.63) is 71.3 Å². The molecule has 3 amide bonds. The first-order valence-electron chi connectivity index (χ1n) is 13.4. The van der Waals surface area contributed by atoms with Crippen molar-refractivity contribution in [3.63, 3.8) is 0 Å². The summed E-state index contributed by atoms with van der Waals surface area (Å²) in [6, 6.07) is 14.0. The van der Waals surface area contributed by atoms with Crippen LogP contribution in [-0.2, 0) is 30.3 Å². The van der Waals surface area contributed by atoms with E-state index >= 15 is 0 Å². The van der Waals surface area contributed by atoms with Gasteiger partial charge in [0.25, 0.3) is 0 Å². The fraction of sp³-hybridized carbons (Fsp3) is 0.467. The maximum absolute atomic E-state index is 14.1. The van der Waals surface area contributed by atoms with Crippen LogP contribution in [0.15, 0.2) is 54.6 Å². The molecule has 0 saturated carbocycles. The highest BCUT2D eigenvalue weighted by Gasteiger charge is 2.36. The van der Waals surface area contributed by atoms with Gasteiger partial charge in [-0.25, -0.2) is 4.79 Å². The fourth-order valence-electron chi connectivity index (χ4n) is 4.10. The molecule has 2 unspecified atom stereocenters. The van der Waals surface area contributed by atoms with Crippen LogP contribution >= 0.6 is 0 Å². The van der Waals surface area contributed by atoms with E-state index in [9.17, 15) is 24.3 Å². The van der Waals surface area contributed by atoms with E-state index in [2.05, 4.69) is 10.6 Å². The van der Waals surface area contributed by atoms with E-state index < -0.39 is 48.2 Å². The van der Waals surface area contributed by atoms with Crippen LogP contribution in [0.1, 0.15) is 56.8 Å². The van der Waals surface area contributed by atoms with E-state index in [-0.39, 0.29) is 32.5 Å². The summed E-state index contributed by atoms with van der Waals surface area (Å²) >= 11 is 0. The molecule has 2 rings (SSSR count). The van der Waals surface area contributed by atoms with Crippen molar-refractivity contribution in [2.75, 3.05) is 26.3 Å². The molecule has 2 aromatic rings. The average molecular weight is 556 g/mol. The Hall–Kier alpha value is -3.92.